The number of carbonyl (C=O) groups excluding carboxylic acids is 2. The molecule has 2 aromatic rings. The first-order valence-electron chi connectivity index (χ1n) is 8.48. The van der Waals surface area contributed by atoms with Gasteiger partial charge >= 0.3 is 5.97 Å². The molecule has 0 fully saturated rings. The SMILES string of the molecule is CCSc1ccccc1C(=O)OCC(=O)Nc1ccc2c(c1)CCC2. The summed E-state index contributed by atoms with van der Waals surface area (Å²) in [5, 5.41) is 2.80. The van der Waals surface area contributed by atoms with Crippen LogP contribution in [-0.2, 0) is 22.4 Å². The molecular weight excluding hydrogens is 334 g/mol. The summed E-state index contributed by atoms with van der Waals surface area (Å²) in [5.74, 6) is 0.0657. The fraction of sp³-hybridized carbons (Fsp3) is 0.300. The Balaban J connectivity index is 1.56. The van der Waals surface area contributed by atoms with Gasteiger partial charge in [-0.1, -0.05) is 25.1 Å². The fourth-order valence-corrected chi connectivity index (χ4v) is 3.76. The lowest BCUT2D eigenvalue weighted by Gasteiger charge is -2.10. The van der Waals surface area contributed by atoms with Crippen molar-refractivity contribution in [2.45, 2.75) is 31.1 Å². The number of amides is 1. The van der Waals surface area contributed by atoms with Crippen molar-refractivity contribution >= 4 is 29.3 Å². The number of ether oxygens (including phenoxy) is 1. The maximum atomic E-state index is 12.2. The van der Waals surface area contributed by atoms with Crippen LogP contribution in [0.5, 0.6) is 0 Å². The Kier molecular flexibility index (Phi) is 5.76. The number of thioether (sulfide) groups is 1. The highest BCUT2D eigenvalue weighted by Crippen LogP contribution is 2.25. The van der Waals surface area contributed by atoms with E-state index in [9.17, 15) is 9.59 Å². The zero-order valence-electron chi connectivity index (χ0n) is 14.2. The number of fused-ring (bicyclic) bond motifs is 1. The Bertz CT molecular complexity index is 788. The van der Waals surface area contributed by atoms with Gasteiger partial charge in [0.1, 0.15) is 0 Å². The molecule has 3 rings (SSSR count). The van der Waals surface area contributed by atoms with E-state index in [0.717, 1.165) is 29.2 Å². The van der Waals surface area contributed by atoms with E-state index in [1.54, 1.807) is 23.9 Å². The van der Waals surface area contributed by atoms with Crippen molar-refractivity contribution in [3.8, 4) is 0 Å². The van der Waals surface area contributed by atoms with Crippen molar-refractivity contribution in [3.05, 3.63) is 59.2 Å². The predicted molar refractivity (Wildman–Crippen MR) is 100 cm³/mol. The van der Waals surface area contributed by atoms with Gasteiger partial charge in [-0.05, 0) is 60.4 Å². The Hall–Kier alpha value is -2.27. The molecule has 0 aromatic heterocycles. The largest absolute Gasteiger partial charge is 0.452 e. The Morgan fingerprint density at radius 1 is 1.12 bits per heavy atom. The highest BCUT2D eigenvalue weighted by atomic mass is 32.2. The van der Waals surface area contributed by atoms with Gasteiger partial charge in [0.25, 0.3) is 5.91 Å². The molecule has 1 aliphatic rings. The van der Waals surface area contributed by atoms with Crippen LogP contribution < -0.4 is 5.32 Å². The summed E-state index contributed by atoms with van der Waals surface area (Å²) < 4.78 is 5.18. The van der Waals surface area contributed by atoms with Gasteiger partial charge in [0, 0.05) is 10.6 Å². The lowest BCUT2D eigenvalue weighted by Crippen LogP contribution is -2.21. The number of aryl methyl sites for hydroxylation is 2. The van der Waals surface area contributed by atoms with Crippen LogP contribution >= 0.6 is 11.8 Å². The van der Waals surface area contributed by atoms with E-state index >= 15 is 0 Å². The van der Waals surface area contributed by atoms with Crippen LogP contribution in [0.25, 0.3) is 0 Å². The maximum absolute atomic E-state index is 12.2. The highest BCUT2D eigenvalue weighted by molar-refractivity contribution is 7.99. The summed E-state index contributed by atoms with van der Waals surface area (Å²) in [6.07, 6.45) is 3.33. The third-order valence-electron chi connectivity index (χ3n) is 4.12. The number of rotatable bonds is 6. The van der Waals surface area contributed by atoms with Crippen LogP contribution in [0.3, 0.4) is 0 Å². The molecule has 0 saturated carbocycles. The monoisotopic (exact) mass is 355 g/mol. The van der Waals surface area contributed by atoms with Crippen molar-refractivity contribution in [1.29, 1.82) is 0 Å². The number of esters is 1. The van der Waals surface area contributed by atoms with Crippen molar-refractivity contribution in [1.82, 2.24) is 0 Å². The third-order valence-corrected chi connectivity index (χ3v) is 5.08. The summed E-state index contributed by atoms with van der Waals surface area (Å²) in [7, 11) is 0. The van der Waals surface area contributed by atoms with E-state index in [1.165, 1.54) is 17.5 Å². The minimum absolute atomic E-state index is 0.291. The molecule has 0 aliphatic heterocycles. The van der Waals surface area contributed by atoms with Crippen molar-refractivity contribution < 1.29 is 14.3 Å². The molecule has 1 amide bonds. The average Bonchev–Trinajstić information content (AvgIpc) is 3.08. The number of nitrogens with one attached hydrogen (secondary N) is 1. The van der Waals surface area contributed by atoms with Gasteiger partial charge in [-0.25, -0.2) is 4.79 Å². The van der Waals surface area contributed by atoms with E-state index in [-0.39, 0.29) is 12.5 Å². The van der Waals surface area contributed by atoms with Crippen molar-refractivity contribution in [2.75, 3.05) is 17.7 Å². The van der Waals surface area contributed by atoms with Gasteiger partial charge in [-0.2, -0.15) is 0 Å². The number of hydrogen-bond acceptors (Lipinski definition) is 4. The maximum Gasteiger partial charge on any atom is 0.339 e. The molecule has 0 heterocycles. The van der Waals surface area contributed by atoms with E-state index in [1.807, 2.05) is 31.2 Å². The van der Waals surface area contributed by atoms with E-state index in [4.69, 9.17) is 4.74 Å². The first-order valence-corrected chi connectivity index (χ1v) is 9.46. The van der Waals surface area contributed by atoms with E-state index in [2.05, 4.69) is 11.4 Å². The molecule has 5 heteroatoms. The second-order valence-electron chi connectivity index (χ2n) is 5.89. The van der Waals surface area contributed by atoms with Crippen LogP contribution in [0, 0.1) is 0 Å². The van der Waals surface area contributed by atoms with Crippen LogP contribution in [0.4, 0.5) is 5.69 Å². The molecule has 1 aliphatic carbocycles. The van der Waals surface area contributed by atoms with Crippen molar-refractivity contribution in [2.24, 2.45) is 0 Å². The number of anilines is 1. The molecule has 1 N–H and O–H groups in total. The van der Waals surface area contributed by atoms with Crippen LogP contribution in [-0.4, -0.2) is 24.2 Å². The normalized spacial score (nSPS) is 12.5. The third kappa shape index (κ3) is 4.42. The molecule has 0 atom stereocenters. The quantitative estimate of drug-likeness (QED) is 0.626. The average molecular weight is 355 g/mol. The van der Waals surface area contributed by atoms with Gasteiger partial charge < -0.3 is 10.1 Å². The summed E-state index contributed by atoms with van der Waals surface area (Å²) in [4.78, 5) is 25.2. The molecule has 4 nitrogen and oxygen atoms in total. The molecule has 0 unspecified atom stereocenters. The number of benzene rings is 2. The molecule has 0 radical (unpaired) electrons. The summed E-state index contributed by atoms with van der Waals surface area (Å²) in [5.41, 5.74) is 3.90. The van der Waals surface area contributed by atoms with Crippen molar-refractivity contribution in [3.63, 3.8) is 0 Å². The fourth-order valence-electron chi connectivity index (χ4n) is 2.97. The second-order valence-corrected chi connectivity index (χ2v) is 7.20. The van der Waals surface area contributed by atoms with E-state index in [0.29, 0.717) is 5.56 Å². The smallest absolute Gasteiger partial charge is 0.339 e. The topological polar surface area (TPSA) is 55.4 Å². The Labute approximate surface area is 152 Å². The molecule has 2 aromatic carbocycles. The highest BCUT2D eigenvalue weighted by Gasteiger charge is 2.15. The minimum Gasteiger partial charge on any atom is -0.452 e. The molecule has 25 heavy (non-hydrogen) atoms. The molecule has 0 bridgehead atoms. The molecule has 0 spiro atoms. The first kappa shape index (κ1) is 17.5. The summed E-state index contributed by atoms with van der Waals surface area (Å²) in [6.45, 7) is 1.73. The summed E-state index contributed by atoms with van der Waals surface area (Å²) in [6, 6.07) is 13.2. The van der Waals surface area contributed by atoms with Gasteiger partial charge in [-0.3, -0.25) is 4.79 Å². The van der Waals surface area contributed by atoms with Crippen LogP contribution in [0.2, 0.25) is 0 Å². The lowest BCUT2D eigenvalue weighted by molar-refractivity contribution is -0.119. The van der Waals surface area contributed by atoms with Gasteiger partial charge in [0.05, 0.1) is 5.56 Å². The zero-order valence-corrected chi connectivity index (χ0v) is 15.0. The number of hydrogen-bond donors (Lipinski definition) is 1. The zero-order chi connectivity index (χ0) is 17.6. The molecule has 0 saturated heterocycles. The Morgan fingerprint density at radius 3 is 2.76 bits per heavy atom. The van der Waals surface area contributed by atoms with Crippen LogP contribution in [0.15, 0.2) is 47.4 Å². The predicted octanol–water partition coefficient (Wildman–Crippen LogP) is 4.08. The van der Waals surface area contributed by atoms with Gasteiger partial charge in [-0.15, -0.1) is 11.8 Å². The van der Waals surface area contributed by atoms with E-state index < -0.39 is 5.97 Å². The summed E-state index contributed by atoms with van der Waals surface area (Å²) >= 11 is 1.58. The lowest BCUT2D eigenvalue weighted by atomic mass is 10.1. The van der Waals surface area contributed by atoms with Gasteiger partial charge in [0.2, 0.25) is 0 Å². The molecule has 130 valence electrons. The second kappa shape index (κ2) is 8.21. The minimum atomic E-state index is -0.472. The van der Waals surface area contributed by atoms with Gasteiger partial charge in [0.15, 0.2) is 6.61 Å². The standard InChI is InChI=1S/C20H21NO3S/c1-2-25-18-9-4-3-8-17(18)20(23)24-13-19(22)21-16-11-10-14-6-5-7-15(14)12-16/h3-4,8-12H,2,5-7,13H2,1H3,(H,21,22). The Morgan fingerprint density at radius 2 is 1.92 bits per heavy atom. The van der Waals surface area contributed by atoms with Crippen LogP contribution in [0.1, 0.15) is 34.8 Å². The molecular formula is C20H21NO3S. The number of carbonyl (C=O) groups is 2. The first-order chi connectivity index (χ1) is 12.2.